The molecule has 0 aliphatic heterocycles. The highest BCUT2D eigenvalue weighted by Gasteiger charge is 2.15. The molecular formula is C16H15ClN4O2S. The summed E-state index contributed by atoms with van der Waals surface area (Å²) in [6, 6.07) is 8.85. The third-order valence-electron chi connectivity index (χ3n) is 3.44. The van der Waals surface area contributed by atoms with Crippen molar-refractivity contribution >= 4 is 34.7 Å². The number of aromatic nitrogens is 2. The van der Waals surface area contributed by atoms with Gasteiger partial charge in [0.15, 0.2) is 5.82 Å². The second kappa shape index (κ2) is 7.04. The van der Waals surface area contributed by atoms with Crippen molar-refractivity contribution in [2.45, 2.75) is 6.54 Å². The number of carbonyl (C=O) groups excluding carboxylic acids is 1. The number of aromatic amines is 1. The number of halogens is 1. The summed E-state index contributed by atoms with van der Waals surface area (Å²) in [4.78, 5) is 12.9. The number of methoxy groups -OCH3 is 1. The molecule has 0 saturated heterocycles. The van der Waals surface area contributed by atoms with Crippen LogP contribution in [-0.2, 0) is 6.54 Å². The zero-order valence-electron chi connectivity index (χ0n) is 12.8. The SMILES string of the molecule is COc1ccc(Cl)cc1-c1cc(NC(=O)c2sccc2CN)n[nH]1. The van der Waals surface area contributed by atoms with Gasteiger partial charge in [-0.15, -0.1) is 11.3 Å². The number of hydrogen-bond acceptors (Lipinski definition) is 5. The van der Waals surface area contributed by atoms with E-state index in [4.69, 9.17) is 22.1 Å². The van der Waals surface area contributed by atoms with E-state index in [2.05, 4.69) is 15.5 Å². The summed E-state index contributed by atoms with van der Waals surface area (Å²) in [5.74, 6) is 0.833. The van der Waals surface area contributed by atoms with Crippen LogP contribution in [0.3, 0.4) is 0 Å². The van der Waals surface area contributed by atoms with Crippen LogP contribution in [0.15, 0.2) is 35.7 Å². The number of thiophene rings is 1. The van der Waals surface area contributed by atoms with Crippen LogP contribution in [0.1, 0.15) is 15.2 Å². The van der Waals surface area contributed by atoms with Crippen molar-refractivity contribution < 1.29 is 9.53 Å². The van der Waals surface area contributed by atoms with Crippen molar-refractivity contribution in [3.63, 3.8) is 0 Å². The van der Waals surface area contributed by atoms with Crippen LogP contribution >= 0.6 is 22.9 Å². The van der Waals surface area contributed by atoms with E-state index in [1.165, 1.54) is 11.3 Å². The molecule has 124 valence electrons. The van der Waals surface area contributed by atoms with Crippen LogP contribution < -0.4 is 15.8 Å². The molecule has 2 aromatic heterocycles. The van der Waals surface area contributed by atoms with Gasteiger partial charge in [0.25, 0.3) is 5.91 Å². The standard InChI is InChI=1S/C16H15ClN4O2S/c1-23-13-3-2-10(17)6-11(13)12-7-14(21-20-12)19-16(22)15-9(8-18)4-5-24-15/h2-7H,8,18H2,1H3,(H2,19,20,21,22). The fourth-order valence-electron chi connectivity index (χ4n) is 2.28. The number of amides is 1. The maximum atomic E-state index is 12.3. The number of nitrogens with one attached hydrogen (secondary N) is 2. The predicted octanol–water partition coefficient (Wildman–Crippen LogP) is 3.51. The van der Waals surface area contributed by atoms with E-state index >= 15 is 0 Å². The van der Waals surface area contributed by atoms with Gasteiger partial charge in [-0.3, -0.25) is 9.89 Å². The van der Waals surface area contributed by atoms with Crippen LogP contribution in [0.25, 0.3) is 11.3 Å². The molecular weight excluding hydrogens is 348 g/mol. The van der Waals surface area contributed by atoms with Crippen LogP contribution in [0.4, 0.5) is 5.82 Å². The second-order valence-electron chi connectivity index (χ2n) is 4.94. The lowest BCUT2D eigenvalue weighted by Gasteiger charge is -2.06. The molecule has 3 rings (SSSR count). The van der Waals surface area contributed by atoms with Gasteiger partial charge in [-0.05, 0) is 35.2 Å². The first kappa shape index (κ1) is 16.5. The molecule has 1 aromatic carbocycles. The van der Waals surface area contributed by atoms with Crippen molar-refractivity contribution in [3.8, 4) is 17.0 Å². The van der Waals surface area contributed by atoms with Crippen LogP contribution in [0, 0.1) is 0 Å². The summed E-state index contributed by atoms with van der Waals surface area (Å²) >= 11 is 7.39. The first-order valence-corrected chi connectivity index (χ1v) is 8.35. The van der Waals surface area contributed by atoms with Crippen LogP contribution in [0.2, 0.25) is 5.02 Å². The number of H-pyrrole nitrogens is 1. The Morgan fingerprint density at radius 2 is 2.25 bits per heavy atom. The van der Waals surface area contributed by atoms with E-state index < -0.39 is 0 Å². The van der Waals surface area contributed by atoms with Crippen LogP contribution in [-0.4, -0.2) is 23.2 Å². The highest BCUT2D eigenvalue weighted by molar-refractivity contribution is 7.12. The lowest BCUT2D eigenvalue weighted by Crippen LogP contribution is -2.13. The van der Waals surface area contributed by atoms with E-state index in [0.717, 1.165) is 11.1 Å². The minimum atomic E-state index is -0.235. The number of nitrogens with two attached hydrogens (primary N) is 1. The van der Waals surface area contributed by atoms with Gasteiger partial charge >= 0.3 is 0 Å². The minimum Gasteiger partial charge on any atom is -0.496 e. The number of rotatable bonds is 5. The van der Waals surface area contributed by atoms with E-state index in [1.807, 2.05) is 11.4 Å². The number of carbonyl (C=O) groups is 1. The van der Waals surface area contributed by atoms with E-state index in [1.54, 1.807) is 31.4 Å². The van der Waals surface area contributed by atoms with Gasteiger partial charge in [0.1, 0.15) is 5.75 Å². The van der Waals surface area contributed by atoms with Crippen LogP contribution in [0.5, 0.6) is 5.75 Å². The third kappa shape index (κ3) is 3.28. The molecule has 8 heteroatoms. The van der Waals surface area contributed by atoms with Gasteiger partial charge in [-0.2, -0.15) is 5.10 Å². The number of anilines is 1. The summed E-state index contributed by atoms with van der Waals surface area (Å²) in [6.07, 6.45) is 0. The van der Waals surface area contributed by atoms with Gasteiger partial charge < -0.3 is 15.8 Å². The van der Waals surface area contributed by atoms with E-state index in [9.17, 15) is 4.79 Å². The Kier molecular flexibility index (Phi) is 4.84. The van der Waals surface area contributed by atoms with E-state index in [0.29, 0.717) is 33.7 Å². The molecule has 0 aliphatic rings. The van der Waals surface area contributed by atoms with Gasteiger partial charge in [0.05, 0.1) is 17.7 Å². The zero-order chi connectivity index (χ0) is 17.1. The van der Waals surface area contributed by atoms with Crippen molar-refractivity contribution in [1.29, 1.82) is 0 Å². The number of ether oxygens (including phenoxy) is 1. The maximum Gasteiger partial charge on any atom is 0.267 e. The zero-order valence-corrected chi connectivity index (χ0v) is 14.4. The molecule has 0 spiro atoms. The monoisotopic (exact) mass is 362 g/mol. The van der Waals surface area contributed by atoms with E-state index in [-0.39, 0.29) is 5.91 Å². The molecule has 2 heterocycles. The molecule has 0 atom stereocenters. The first-order valence-electron chi connectivity index (χ1n) is 7.09. The van der Waals surface area contributed by atoms with Crippen molar-refractivity contribution in [2.75, 3.05) is 12.4 Å². The third-order valence-corrected chi connectivity index (χ3v) is 4.63. The Hall–Kier alpha value is -2.35. The molecule has 3 aromatic rings. The number of benzene rings is 1. The fourth-order valence-corrected chi connectivity index (χ4v) is 3.28. The summed E-state index contributed by atoms with van der Waals surface area (Å²) in [5.41, 5.74) is 7.89. The highest BCUT2D eigenvalue weighted by Crippen LogP contribution is 2.32. The average molecular weight is 363 g/mol. The number of nitrogens with zero attached hydrogens (tertiary/aromatic N) is 1. The van der Waals surface area contributed by atoms with Gasteiger partial charge in [-0.25, -0.2) is 0 Å². The molecule has 0 unspecified atom stereocenters. The average Bonchev–Trinajstić information content (AvgIpc) is 3.23. The van der Waals surface area contributed by atoms with Crippen molar-refractivity contribution in [3.05, 3.63) is 51.2 Å². The summed E-state index contributed by atoms with van der Waals surface area (Å²) < 4.78 is 5.33. The smallest absolute Gasteiger partial charge is 0.267 e. The minimum absolute atomic E-state index is 0.235. The quantitative estimate of drug-likeness (QED) is 0.647. The molecule has 6 nitrogen and oxygen atoms in total. The second-order valence-corrected chi connectivity index (χ2v) is 6.30. The van der Waals surface area contributed by atoms with Crippen molar-refractivity contribution in [2.24, 2.45) is 5.73 Å². The first-order chi connectivity index (χ1) is 11.6. The molecule has 0 aliphatic carbocycles. The molecule has 0 radical (unpaired) electrons. The topological polar surface area (TPSA) is 93.0 Å². The predicted molar refractivity (Wildman–Crippen MR) is 95.7 cm³/mol. The molecule has 0 fully saturated rings. The lowest BCUT2D eigenvalue weighted by atomic mass is 10.1. The Balaban J connectivity index is 1.84. The Morgan fingerprint density at radius 3 is 3.00 bits per heavy atom. The summed E-state index contributed by atoms with van der Waals surface area (Å²) in [7, 11) is 1.58. The Labute approximate surface area is 147 Å². The molecule has 1 amide bonds. The highest BCUT2D eigenvalue weighted by atomic mass is 35.5. The molecule has 4 N–H and O–H groups in total. The van der Waals surface area contributed by atoms with Gasteiger partial charge in [0, 0.05) is 23.2 Å². The Morgan fingerprint density at radius 1 is 1.42 bits per heavy atom. The summed E-state index contributed by atoms with van der Waals surface area (Å²) in [5, 5.41) is 12.2. The lowest BCUT2D eigenvalue weighted by molar-refractivity contribution is 0.102. The van der Waals surface area contributed by atoms with Crippen molar-refractivity contribution in [1.82, 2.24) is 10.2 Å². The number of hydrogen-bond donors (Lipinski definition) is 3. The maximum absolute atomic E-state index is 12.3. The summed E-state index contributed by atoms with van der Waals surface area (Å²) in [6.45, 7) is 0.317. The molecule has 0 bridgehead atoms. The normalized spacial score (nSPS) is 10.6. The molecule has 24 heavy (non-hydrogen) atoms. The van der Waals surface area contributed by atoms with Gasteiger partial charge in [-0.1, -0.05) is 11.6 Å². The Bertz CT molecular complexity index is 875. The fraction of sp³-hybridized carbons (Fsp3) is 0.125. The largest absolute Gasteiger partial charge is 0.496 e. The molecule has 0 saturated carbocycles. The van der Waals surface area contributed by atoms with Gasteiger partial charge in [0.2, 0.25) is 0 Å².